The van der Waals surface area contributed by atoms with Crippen molar-refractivity contribution in [3.8, 4) is 11.5 Å². The smallest absolute Gasteiger partial charge is 0.325 e. The third-order valence-corrected chi connectivity index (χ3v) is 4.64. The van der Waals surface area contributed by atoms with Crippen LogP contribution in [-0.2, 0) is 9.59 Å². The Morgan fingerprint density at radius 1 is 1.15 bits per heavy atom. The average Bonchev–Trinajstić information content (AvgIpc) is 2.99. The van der Waals surface area contributed by atoms with Gasteiger partial charge in [0.15, 0.2) is 0 Å². The zero-order chi connectivity index (χ0) is 19.2. The number of hydrogen-bond acceptors (Lipinski definition) is 6. The number of nitrogens with one attached hydrogen (secondary N) is 1. The molecule has 1 aromatic carbocycles. The van der Waals surface area contributed by atoms with Crippen LogP contribution in [0.5, 0.6) is 11.5 Å². The average molecular weight is 376 g/mol. The molecule has 0 bridgehead atoms. The lowest BCUT2D eigenvalue weighted by molar-refractivity contribution is -0.133. The second-order valence-electron chi connectivity index (χ2n) is 6.46. The van der Waals surface area contributed by atoms with Crippen molar-refractivity contribution in [2.24, 2.45) is 0 Å². The van der Waals surface area contributed by atoms with Crippen LogP contribution in [-0.4, -0.2) is 92.1 Å². The number of hydrogen-bond donors (Lipinski definition) is 1. The number of amides is 4. The lowest BCUT2D eigenvalue weighted by Gasteiger charge is -2.35. The van der Waals surface area contributed by atoms with E-state index in [4.69, 9.17) is 9.47 Å². The molecule has 2 fully saturated rings. The highest BCUT2D eigenvalue weighted by atomic mass is 16.5. The number of nitrogens with zero attached hydrogens (tertiary/aromatic N) is 3. The lowest BCUT2D eigenvalue weighted by Crippen LogP contribution is -2.52. The minimum atomic E-state index is -0.498. The topological polar surface area (TPSA) is 91.4 Å². The van der Waals surface area contributed by atoms with Gasteiger partial charge in [-0.15, -0.1) is 0 Å². The molecular formula is C18H24N4O5. The van der Waals surface area contributed by atoms with E-state index in [1.165, 1.54) is 4.90 Å². The molecule has 0 unspecified atom stereocenters. The van der Waals surface area contributed by atoms with Crippen molar-refractivity contribution in [1.82, 2.24) is 20.0 Å². The van der Waals surface area contributed by atoms with Crippen molar-refractivity contribution in [2.45, 2.75) is 0 Å². The molecule has 1 aromatic rings. The van der Waals surface area contributed by atoms with Gasteiger partial charge in [-0.1, -0.05) is 6.07 Å². The number of ether oxygens (including phenoxy) is 2. The van der Waals surface area contributed by atoms with Crippen LogP contribution >= 0.6 is 0 Å². The quantitative estimate of drug-likeness (QED) is 0.661. The molecule has 0 spiro atoms. The van der Waals surface area contributed by atoms with Crippen molar-refractivity contribution >= 4 is 17.8 Å². The van der Waals surface area contributed by atoms with Crippen LogP contribution in [0.3, 0.4) is 0 Å². The van der Waals surface area contributed by atoms with E-state index < -0.39 is 6.03 Å². The molecule has 3 rings (SSSR count). The van der Waals surface area contributed by atoms with Crippen molar-refractivity contribution in [3.05, 3.63) is 24.3 Å². The van der Waals surface area contributed by atoms with Crippen molar-refractivity contribution in [3.63, 3.8) is 0 Å². The molecule has 0 aromatic heterocycles. The highest BCUT2D eigenvalue weighted by Crippen LogP contribution is 2.18. The molecular weight excluding hydrogens is 352 g/mol. The Morgan fingerprint density at radius 2 is 1.89 bits per heavy atom. The molecule has 1 N–H and O–H groups in total. The fraction of sp³-hybridized carbons (Fsp3) is 0.500. The van der Waals surface area contributed by atoms with Gasteiger partial charge in [0, 0.05) is 38.8 Å². The van der Waals surface area contributed by atoms with Crippen LogP contribution in [0.15, 0.2) is 24.3 Å². The fourth-order valence-corrected chi connectivity index (χ4v) is 3.08. The molecule has 27 heavy (non-hydrogen) atoms. The molecule has 0 radical (unpaired) electrons. The molecule has 9 heteroatoms. The van der Waals surface area contributed by atoms with E-state index in [2.05, 4.69) is 10.2 Å². The number of carbonyl (C=O) groups is 3. The molecule has 0 aliphatic carbocycles. The summed E-state index contributed by atoms with van der Waals surface area (Å²) < 4.78 is 10.9. The molecule has 0 saturated carbocycles. The normalized spacial score (nSPS) is 17.8. The zero-order valence-corrected chi connectivity index (χ0v) is 15.3. The molecule has 2 heterocycles. The van der Waals surface area contributed by atoms with E-state index in [9.17, 15) is 14.4 Å². The van der Waals surface area contributed by atoms with Gasteiger partial charge < -0.3 is 19.3 Å². The third kappa shape index (κ3) is 5.10. The standard InChI is InChI=1S/C18H24N4O5/c1-26-14-3-2-4-15(11-14)27-10-9-20-5-7-21(8-6-20)17(24)13-22-12-16(23)19-18(22)25/h2-4,11H,5-10,12-13H2,1H3,(H,19,23,25). The van der Waals surface area contributed by atoms with Gasteiger partial charge in [-0.25, -0.2) is 4.79 Å². The van der Waals surface area contributed by atoms with E-state index in [0.29, 0.717) is 19.7 Å². The summed E-state index contributed by atoms with van der Waals surface area (Å²) in [4.78, 5) is 40.2. The van der Waals surface area contributed by atoms with E-state index in [1.807, 2.05) is 24.3 Å². The number of rotatable bonds is 7. The number of carbonyl (C=O) groups excluding carboxylic acids is 3. The predicted molar refractivity (Wildman–Crippen MR) is 96.6 cm³/mol. The molecule has 4 amide bonds. The predicted octanol–water partition coefficient (Wildman–Crippen LogP) is -0.230. The van der Waals surface area contributed by atoms with Gasteiger partial charge in [0.25, 0.3) is 0 Å². The second-order valence-corrected chi connectivity index (χ2v) is 6.46. The summed E-state index contributed by atoms with van der Waals surface area (Å²) in [5.74, 6) is 1.02. The number of urea groups is 1. The number of imide groups is 1. The minimum absolute atomic E-state index is 0.0495. The van der Waals surface area contributed by atoms with E-state index in [-0.39, 0.29) is 24.9 Å². The minimum Gasteiger partial charge on any atom is -0.497 e. The van der Waals surface area contributed by atoms with Gasteiger partial charge in [-0.05, 0) is 12.1 Å². The van der Waals surface area contributed by atoms with E-state index in [1.54, 1.807) is 12.0 Å². The van der Waals surface area contributed by atoms with Gasteiger partial charge in [-0.3, -0.25) is 19.8 Å². The van der Waals surface area contributed by atoms with Gasteiger partial charge in [0.2, 0.25) is 11.8 Å². The van der Waals surface area contributed by atoms with Crippen LogP contribution < -0.4 is 14.8 Å². The number of benzene rings is 1. The molecule has 0 atom stereocenters. The lowest BCUT2D eigenvalue weighted by atomic mass is 10.3. The van der Waals surface area contributed by atoms with Crippen molar-refractivity contribution in [2.75, 3.05) is 59.5 Å². The largest absolute Gasteiger partial charge is 0.497 e. The van der Waals surface area contributed by atoms with Crippen LogP contribution in [0.2, 0.25) is 0 Å². The van der Waals surface area contributed by atoms with Gasteiger partial charge >= 0.3 is 6.03 Å². The summed E-state index contributed by atoms with van der Waals surface area (Å²) in [5, 5.41) is 2.17. The van der Waals surface area contributed by atoms with Crippen LogP contribution in [0.1, 0.15) is 0 Å². The summed E-state index contributed by atoms with van der Waals surface area (Å²) in [7, 11) is 1.62. The summed E-state index contributed by atoms with van der Waals surface area (Å²) in [6.45, 7) is 3.90. The van der Waals surface area contributed by atoms with E-state index >= 15 is 0 Å². The zero-order valence-electron chi connectivity index (χ0n) is 15.3. The van der Waals surface area contributed by atoms with Crippen molar-refractivity contribution in [1.29, 1.82) is 0 Å². The second kappa shape index (κ2) is 8.72. The number of methoxy groups -OCH3 is 1. The van der Waals surface area contributed by atoms with Crippen molar-refractivity contribution < 1.29 is 23.9 Å². The first-order chi connectivity index (χ1) is 13.0. The Morgan fingerprint density at radius 3 is 2.56 bits per heavy atom. The van der Waals surface area contributed by atoms with Crippen LogP contribution in [0.25, 0.3) is 0 Å². The molecule has 2 aliphatic rings. The van der Waals surface area contributed by atoms with Gasteiger partial charge in [0.1, 0.15) is 31.2 Å². The summed E-state index contributed by atoms with van der Waals surface area (Å²) in [6.07, 6.45) is 0. The van der Waals surface area contributed by atoms with E-state index in [0.717, 1.165) is 31.1 Å². The number of piperazine rings is 1. The summed E-state index contributed by atoms with van der Waals surface area (Å²) in [5.41, 5.74) is 0. The Kier molecular flexibility index (Phi) is 6.12. The van der Waals surface area contributed by atoms with Crippen LogP contribution in [0, 0.1) is 0 Å². The Labute approximate surface area is 157 Å². The maximum atomic E-state index is 12.3. The molecule has 146 valence electrons. The molecule has 2 saturated heterocycles. The Hall–Kier alpha value is -2.81. The SMILES string of the molecule is COc1cccc(OCCN2CCN(C(=O)CN3CC(=O)NC3=O)CC2)c1. The highest BCUT2D eigenvalue weighted by molar-refractivity contribution is 6.03. The monoisotopic (exact) mass is 376 g/mol. The summed E-state index contributed by atoms with van der Waals surface area (Å²) in [6, 6.07) is 6.98. The molecule has 2 aliphatic heterocycles. The third-order valence-electron chi connectivity index (χ3n) is 4.64. The Bertz CT molecular complexity index is 703. The van der Waals surface area contributed by atoms with Crippen LogP contribution in [0.4, 0.5) is 4.79 Å². The molecule has 9 nitrogen and oxygen atoms in total. The Balaban J connectivity index is 1.36. The maximum Gasteiger partial charge on any atom is 0.325 e. The first kappa shape index (κ1) is 19.0. The first-order valence-corrected chi connectivity index (χ1v) is 8.91. The van der Waals surface area contributed by atoms with Gasteiger partial charge in [0.05, 0.1) is 7.11 Å². The van der Waals surface area contributed by atoms with Gasteiger partial charge in [-0.2, -0.15) is 0 Å². The summed E-state index contributed by atoms with van der Waals surface area (Å²) >= 11 is 0. The maximum absolute atomic E-state index is 12.3. The fourth-order valence-electron chi connectivity index (χ4n) is 3.08. The highest BCUT2D eigenvalue weighted by Gasteiger charge is 2.30. The first-order valence-electron chi connectivity index (χ1n) is 8.91.